The van der Waals surface area contributed by atoms with Gasteiger partial charge in [-0.05, 0) is 37.9 Å². The highest BCUT2D eigenvalue weighted by atomic mass is 19.4. The molecule has 0 aromatic carbocycles. The fraction of sp³-hybridized carbons (Fsp3) is 0.647. The molecule has 2 aliphatic rings. The van der Waals surface area contributed by atoms with Crippen LogP contribution in [0.2, 0.25) is 0 Å². The van der Waals surface area contributed by atoms with Crippen molar-refractivity contribution in [3.8, 4) is 0 Å². The lowest BCUT2D eigenvalue weighted by Crippen LogP contribution is -2.49. The second-order valence-corrected chi connectivity index (χ2v) is 7.12. The van der Waals surface area contributed by atoms with Gasteiger partial charge in [0, 0.05) is 44.0 Å². The van der Waals surface area contributed by atoms with Gasteiger partial charge in [0.2, 0.25) is 5.91 Å². The third kappa shape index (κ3) is 3.50. The van der Waals surface area contributed by atoms with Crippen LogP contribution in [-0.2, 0) is 23.9 Å². The summed E-state index contributed by atoms with van der Waals surface area (Å²) in [6.07, 6.45) is -0.984. The largest absolute Gasteiger partial charge is 0.417 e. The zero-order valence-electron chi connectivity index (χ0n) is 14.2. The maximum absolute atomic E-state index is 13.1. The Bertz CT molecular complexity index is 660. The summed E-state index contributed by atoms with van der Waals surface area (Å²) >= 11 is 0. The molecular formula is C17H23F3N4O. The maximum Gasteiger partial charge on any atom is 0.417 e. The number of aromatic nitrogens is 1. The summed E-state index contributed by atoms with van der Waals surface area (Å²) in [5.74, 6) is -0.0159. The van der Waals surface area contributed by atoms with Crippen LogP contribution in [0.15, 0.2) is 12.3 Å². The Morgan fingerprint density at radius 2 is 2.28 bits per heavy atom. The van der Waals surface area contributed by atoms with Crippen molar-refractivity contribution in [1.29, 1.82) is 0 Å². The van der Waals surface area contributed by atoms with E-state index in [1.54, 1.807) is 11.9 Å². The Hall–Kier alpha value is -1.67. The number of nitrogens with two attached hydrogens (primary N) is 1. The van der Waals surface area contributed by atoms with Gasteiger partial charge in [0.15, 0.2) is 0 Å². The highest BCUT2D eigenvalue weighted by Gasteiger charge is 2.46. The van der Waals surface area contributed by atoms with Gasteiger partial charge < -0.3 is 16.0 Å². The molecule has 1 amide bonds. The Morgan fingerprint density at radius 3 is 2.88 bits per heavy atom. The van der Waals surface area contributed by atoms with E-state index in [4.69, 9.17) is 5.73 Å². The first-order valence-corrected chi connectivity index (χ1v) is 8.50. The lowest BCUT2D eigenvalue weighted by atomic mass is 9.83. The monoisotopic (exact) mass is 356 g/mol. The highest BCUT2D eigenvalue weighted by molar-refractivity contribution is 5.83. The van der Waals surface area contributed by atoms with Crippen molar-refractivity contribution in [3.63, 3.8) is 0 Å². The minimum atomic E-state index is -4.43. The molecule has 0 bridgehead atoms. The van der Waals surface area contributed by atoms with Crippen molar-refractivity contribution in [2.24, 2.45) is 11.1 Å². The molecule has 0 spiro atoms. The van der Waals surface area contributed by atoms with Gasteiger partial charge in [-0.25, -0.2) is 0 Å². The first kappa shape index (κ1) is 18.1. The van der Waals surface area contributed by atoms with Gasteiger partial charge in [-0.15, -0.1) is 0 Å². The quantitative estimate of drug-likeness (QED) is 0.865. The van der Waals surface area contributed by atoms with E-state index in [9.17, 15) is 18.0 Å². The van der Waals surface area contributed by atoms with E-state index in [0.29, 0.717) is 43.6 Å². The Labute approximate surface area is 144 Å². The molecule has 2 heterocycles. The molecule has 1 fully saturated rings. The standard InChI is InChI=1S/C17H23F3N4O/c1-22-10-16(4-2-13(21)7-16)15(25)24-5-3-14-11(9-24)6-12(8-23-14)17(18,19)20/h6,8,13,22H,2-5,7,9-10,21H2,1H3/t13?,16-/m0/s1. The van der Waals surface area contributed by atoms with E-state index >= 15 is 0 Å². The van der Waals surface area contributed by atoms with Crippen LogP contribution in [0.3, 0.4) is 0 Å². The summed E-state index contributed by atoms with van der Waals surface area (Å²) < 4.78 is 38.8. The number of hydrogen-bond donors (Lipinski definition) is 2. The van der Waals surface area contributed by atoms with Crippen LogP contribution in [0, 0.1) is 5.41 Å². The molecule has 8 heteroatoms. The molecule has 1 aliphatic carbocycles. The molecule has 3 N–H and O–H groups in total. The van der Waals surface area contributed by atoms with Crippen LogP contribution in [-0.4, -0.2) is 42.0 Å². The molecule has 2 atom stereocenters. The van der Waals surface area contributed by atoms with Gasteiger partial charge in [0.05, 0.1) is 11.0 Å². The normalized spacial score (nSPS) is 26.6. The molecule has 5 nitrogen and oxygen atoms in total. The van der Waals surface area contributed by atoms with Gasteiger partial charge in [-0.2, -0.15) is 13.2 Å². The van der Waals surface area contributed by atoms with Crippen molar-refractivity contribution in [1.82, 2.24) is 15.2 Å². The van der Waals surface area contributed by atoms with Crippen LogP contribution in [0.4, 0.5) is 13.2 Å². The van der Waals surface area contributed by atoms with Crippen LogP contribution < -0.4 is 11.1 Å². The minimum absolute atomic E-state index is 0.00660. The number of alkyl halides is 3. The summed E-state index contributed by atoms with van der Waals surface area (Å²) in [7, 11) is 1.80. The van der Waals surface area contributed by atoms with Gasteiger partial charge in [0.25, 0.3) is 0 Å². The molecule has 25 heavy (non-hydrogen) atoms. The van der Waals surface area contributed by atoms with E-state index < -0.39 is 17.2 Å². The number of rotatable bonds is 3. The molecule has 0 saturated heterocycles. The Morgan fingerprint density at radius 1 is 1.52 bits per heavy atom. The van der Waals surface area contributed by atoms with E-state index in [1.807, 2.05) is 0 Å². The number of nitrogens with one attached hydrogen (secondary N) is 1. The van der Waals surface area contributed by atoms with Gasteiger partial charge in [0.1, 0.15) is 0 Å². The van der Waals surface area contributed by atoms with Crippen molar-refractivity contribution >= 4 is 5.91 Å². The minimum Gasteiger partial charge on any atom is -0.337 e. The van der Waals surface area contributed by atoms with E-state index in [2.05, 4.69) is 10.3 Å². The van der Waals surface area contributed by atoms with E-state index in [1.165, 1.54) is 0 Å². The second kappa shape index (κ2) is 6.57. The number of carbonyl (C=O) groups excluding carboxylic acids is 1. The lowest BCUT2D eigenvalue weighted by Gasteiger charge is -2.37. The van der Waals surface area contributed by atoms with Crippen molar-refractivity contribution in [2.75, 3.05) is 20.1 Å². The maximum atomic E-state index is 13.1. The number of hydrogen-bond acceptors (Lipinski definition) is 4. The third-order valence-corrected chi connectivity index (χ3v) is 5.27. The van der Waals surface area contributed by atoms with E-state index in [0.717, 1.165) is 18.7 Å². The molecule has 1 unspecified atom stereocenters. The molecular weight excluding hydrogens is 333 g/mol. The summed E-state index contributed by atoms with van der Waals surface area (Å²) in [5, 5.41) is 3.08. The molecule has 1 aromatic heterocycles. The van der Waals surface area contributed by atoms with Crippen molar-refractivity contribution in [2.45, 2.75) is 44.4 Å². The number of nitrogens with zero attached hydrogens (tertiary/aromatic N) is 2. The summed E-state index contributed by atoms with van der Waals surface area (Å²) in [4.78, 5) is 18.8. The van der Waals surface area contributed by atoms with Gasteiger partial charge >= 0.3 is 6.18 Å². The fourth-order valence-electron chi connectivity index (χ4n) is 4.03. The van der Waals surface area contributed by atoms with Crippen molar-refractivity contribution in [3.05, 3.63) is 29.1 Å². The molecule has 138 valence electrons. The van der Waals surface area contributed by atoms with Crippen LogP contribution >= 0.6 is 0 Å². The first-order valence-electron chi connectivity index (χ1n) is 8.50. The smallest absolute Gasteiger partial charge is 0.337 e. The van der Waals surface area contributed by atoms with Crippen LogP contribution in [0.25, 0.3) is 0 Å². The molecule has 0 radical (unpaired) electrons. The van der Waals surface area contributed by atoms with Gasteiger partial charge in [-0.1, -0.05) is 0 Å². The average Bonchev–Trinajstić information content (AvgIpc) is 2.94. The number of amides is 1. The molecule has 1 aliphatic heterocycles. The first-order chi connectivity index (χ1) is 11.7. The SMILES string of the molecule is CNC[C@]1(C(=O)N2CCc3ncc(C(F)(F)F)cc3C2)CCC(N)C1. The summed E-state index contributed by atoms with van der Waals surface area (Å²) in [6.45, 7) is 1.18. The Kier molecular flexibility index (Phi) is 4.76. The third-order valence-electron chi connectivity index (χ3n) is 5.27. The average molecular weight is 356 g/mol. The van der Waals surface area contributed by atoms with E-state index in [-0.39, 0.29) is 18.5 Å². The number of carbonyl (C=O) groups is 1. The van der Waals surface area contributed by atoms with Crippen LogP contribution in [0.1, 0.15) is 36.1 Å². The summed E-state index contributed by atoms with van der Waals surface area (Å²) in [5.41, 5.74) is 5.82. The topological polar surface area (TPSA) is 71.2 Å². The van der Waals surface area contributed by atoms with Crippen molar-refractivity contribution < 1.29 is 18.0 Å². The Balaban J connectivity index is 1.82. The second-order valence-electron chi connectivity index (χ2n) is 7.12. The number of pyridine rings is 1. The zero-order chi connectivity index (χ0) is 18.2. The predicted molar refractivity (Wildman–Crippen MR) is 86.5 cm³/mol. The predicted octanol–water partition coefficient (Wildman–Crippen LogP) is 1.70. The number of halogens is 3. The molecule has 1 aromatic rings. The summed E-state index contributed by atoms with van der Waals surface area (Å²) in [6, 6.07) is 1.11. The zero-order valence-corrected chi connectivity index (χ0v) is 14.2. The molecule has 3 rings (SSSR count). The fourth-order valence-corrected chi connectivity index (χ4v) is 4.03. The van der Waals surface area contributed by atoms with Gasteiger partial charge in [-0.3, -0.25) is 9.78 Å². The number of fused-ring (bicyclic) bond motifs is 1. The van der Waals surface area contributed by atoms with Crippen LogP contribution in [0.5, 0.6) is 0 Å². The molecule has 1 saturated carbocycles. The highest BCUT2D eigenvalue weighted by Crippen LogP contribution is 2.40. The lowest BCUT2D eigenvalue weighted by molar-refractivity contribution is -0.142.